The minimum atomic E-state index is -0.383. The van der Waals surface area contributed by atoms with E-state index in [-0.39, 0.29) is 23.0 Å². The van der Waals surface area contributed by atoms with Crippen molar-refractivity contribution in [2.45, 2.75) is 10.9 Å². The number of methoxy groups -OCH3 is 1. The third kappa shape index (κ3) is 5.30. The van der Waals surface area contributed by atoms with Crippen LogP contribution in [0.25, 0.3) is 33.3 Å². The van der Waals surface area contributed by atoms with Crippen molar-refractivity contribution >= 4 is 28.4 Å². The maximum atomic E-state index is 11.4. The molecule has 5 aromatic rings. The molecule has 0 saturated heterocycles. The van der Waals surface area contributed by atoms with E-state index in [4.69, 9.17) is 9.72 Å². The summed E-state index contributed by atoms with van der Waals surface area (Å²) in [4.78, 5) is 24.4. The first-order valence-corrected chi connectivity index (χ1v) is 11.8. The standard InChI is InChI=1S/C27H20N4O3S.ClH/c1-34-26-11-8-19(14-20(26)17-35-27-28-12-5-13-29-27)25-16-22(18-6-3-2-4-7-18)23-15-21(31(32)33)9-10-24(23)30-25;/h2-16H,17H2,1H3;1H/p-1. The number of nitro groups is 1. The van der Waals surface area contributed by atoms with Crippen LogP contribution in [-0.2, 0) is 5.75 Å². The Kier molecular flexibility index (Phi) is 7.77. The zero-order valence-corrected chi connectivity index (χ0v) is 20.7. The van der Waals surface area contributed by atoms with E-state index in [1.165, 1.54) is 17.8 Å². The van der Waals surface area contributed by atoms with Gasteiger partial charge in [-0.15, -0.1) is 0 Å². The van der Waals surface area contributed by atoms with Gasteiger partial charge in [0.2, 0.25) is 0 Å². The number of nitro benzene ring substituents is 1. The fourth-order valence-corrected chi connectivity index (χ4v) is 4.67. The Bertz CT molecular complexity index is 1520. The van der Waals surface area contributed by atoms with Crippen LogP contribution in [0.15, 0.2) is 96.4 Å². The number of hydrogen-bond acceptors (Lipinski definition) is 7. The lowest BCUT2D eigenvalue weighted by Gasteiger charge is -2.13. The Morgan fingerprint density at radius 3 is 2.42 bits per heavy atom. The Labute approximate surface area is 218 Å². The molecule has 0 N–H and O–H groups in total. The van der Waals surface area contributed by atoms with Crippen LogP contribution in [0.3, 0.4) is 0 Å². The highest BCUT2D eigenvalue weighted by Crippen LogP contribution is 2.36. The molecule has 9 heteroatoms. The molecule has 3 aromatic carbocycles. The number of rotatable bonds is 7. The number of nitrogens with zero attached hydrogens (tertiary/aromatic N) is 4. The van der Waals surface area contributed by atoms with Gasteiger partial charge in [0, 0.05) is 46.8 Å². The van der Waals surface area contributed by atoms with Crippen molar-refractivity contribution in [1.29, 1.82) is 0 Å². The molecular formula is C27H20ClN4O3S-. The van der Waals surface area contributed by atoms with Gasteiger partial charge in [-0.2, -0.15) is 0 Å². The molecule has 0 unspecified atom stereocenters. The average Bonchev–Trinajstić information content (AvgIpc) is 2.91. The predicted octanol–water partition coefficient (Wildman–Crippen LogP) is 3.57. The van der Waals surface area contributed by atoms with Crippen LogP contribution in [0, 0.1) is 10.1 Å². The summed E-state index contributed by atoms with van der Waals surface area (Å²) in [6.45, 7) is 0. The monoisotopic (exact) mass is 515 g/mol. The van der Waals surface area contributed by atoms with Crippen LogP contribution in [0.5, 0.6) is 5.75 Å². The van der Waals surface area contributed by atoms with Crippen molar-refractivity contribution < 1.29 is 22.1 Å². The highest BCUT2D eigenvalue weighted by Gasteiger charge is 2.15. The minimum absolute atomic E-state index is 0. The van der Waals surface area contributed by atoms with Gasteiger partial charge in [-0.05, 0) is 47.5 Å². The summed E-state index contributed by atoms with van der Waals surface area (Å²) < 4.78 is 5.59. The molecule has 2 aromatic heterocycles. The number of fused-ring (bicyclic) bond motifs is 1. The molecule has 36 heavy (non-hydrogen) atoms. The lowest BCUT2D eigenvalue weighted by Crippen LogP contribution is -3.00. The summed E-state index contributed by atoms with van der Waals surface area (Å²) in [5.41, 5.74) is 5.27. The maximum Gasteiger partial charge on any atom is 0.270 e. The van der Waals surface area contributed by atoms with E-state index in [2.05, 4.69) is 16.0 Å². The van der Waals surface area contributed by atoms with E-state index in [0.29, 0.717) is 16.4 Å². The van der Waals surface area contributed by atoms with Crippen LogP contribution in [0.1, 0.15) is 5.56 Å². The molecule has 0 aliphatic heterocycles. The van der Waals surface area contributed by atoms with E-state index in [1.54, 1.807) is 37.7 Å². The molecule has 0 bridgehead atoms. The van der Waals surface area contributed by atoms with Crippen LogP contribution in [0.4, 0.5) is 5.69 Å². The van der Waals surface area contributed by atoms with Crippen molar-refractivity contribution in [3.05, 3.63) is 107 Å². The molecule has 0 spiro atoms. The Hall–Kier alpha value is -4.01. The quantitative estimate of drug-likeness (QED) is 0.142. The number of non-ortho nitro benzene ring substituents is 1. The summed E-state index contributed by atoms with van der Waals surface area (Å²) in [7, 11) is 1.65. The van der Waals surface area contributed by atoms with Gasteiger partial charge in [0.25, 0.3) is 5.69 Å². The highest BCUT2D eigenvalue weighted by atomic mass is 35.5. The van der Waals surface area contributed by atoms with E-state index in [9.17, 15) is 10.1 Å². The van der Waals surface area contributed by atoms with Crippen LogP contribution < -0.4 is 17.1 Å². The number of pyridine rings is 1. The average molecular weight is 516 g/mol. The fourth-order valence-electron chi connectivity index (χ4n) is 3.88. The first-order valence-electron chi connectivity index (χ1n) is 10.8. The lowest BCUT2D eigenvalue weighted by molar-refractivity contribution is -0.384. The highest BCUT2D eigenvalue weighted by molar-refractivity contribution is 7.98. The molecule has 2 heterocycles. The second-order valence-corrected chi connectivity index (χ2v) is 8.67. The first-order chi connectivity index (χ1) is 17.1. The molecule has 0 saturated carbocycles. The Morgan fingerprint density at radius 2 is 1.69 bits per heavy atom. The van der Waals surface area contributed by atoms with Gasteiger partial charge in [-0.1, -0.05) is 42.1 Å². The topological polar surface area (TPSA) is 91.0 Å². The van der Waals surface area contributed by atoms with Crippen molar-refractivity contribution in [3.63, 3.8) is 0 Å². The number of ether oxygens (including phenoxy) is 1. The van der Waals surface area contributed by atoms with Crippen molar-refractivity contribution in [2.24, 2.45) is 0 Å². The zero-order valence-electron chi connectivity index (χ0n) is 19.2. The van der Waals surface area contributed by atoms with Gasteiger partial charge in [0.1, 0.15) is 5.75 Å². The molecule has 0 amide bonds. The van der Waals surface area contributed by atoms with Crippen molar-refractivity contribution in [1.82, 2.24) is 15.0 Å². The zero-order chi connectivity index (χ0) is 24.2. The molecule has 0 radical (unpaired) electrons. The van der Waals surface area contributed by atoms with Gasteiger partial charge in [-0.3, -0.25) is 10.1 Å². The van der Waals surface area contributed by atoms with Gasteiger partial charge < -0.3 is 17.1 Å². The largest absolute Gasteiger partial charge is 1.00 e. The Morgan fingerprint density at radius 1 is 0.917 bits per heavy atom. The normalized spacial score (nSPS) is 10.6. The summed E-state index contributed by atoms with van der Waals surface area (Å²) >= 11 is 1.53. The number of halogens is 1. The fraction of sp³-hybridized carbons (Fsp3) is 0.0741. The van der Waals surface area contributed by atoms with Gasteiger partial charge >= 0.3 is 0 Å². The molecule has 0 atom stereocenters. The molecule has 0 aliphatic carbocycles. The summed E-state index contributed by atoms with van der Waals surface area (Å²) in [5, 5.41) is 12.8. The van der Waals surface area contributed by atoms with E-state index in [1.807, 2.05) is 48.5 Å². The molecule has 0 aliphatic rings. The third-order valence-electron chi connectivity index (χ3n) is 5.56. The van der Waals surface area contributed by atoms with Crippen LogP contribution >= 0.6 is 11.8 Å². The summed E-state index contributed by atoms with van der Waals surface area (Å²) in [6, 6.07) is 24.4. The SMILES string of the molecule is COc1ccc(-c2cc(-c3ccccc3)c3cc([N+](=O)[O-])ccc3n2)cc1CSc1ncccn1.[Cl-]. The van der Waals surface area contributed by atoms with Crippen LogP contribution in [-0.4, -0.2) is 27.0 Å². The molecule has 7 nitrogen and oxygen atoms in total. The molecule has 5 rings (SSSR count). The predicted molar refractivity (Wildman–Crippen MR) is 137 cm³/mol. The lowest BCUT2D eigenvalue weighted by atomic mass is 9.97. The molecular weight excluding hydrogens is 496 g/mol. The third-order valence-corrected chi connectivity index (χ3v) is 6.49. The second-order valence-electron chi connectivity index (χ2n) is 7.73. The van der Waals surface area contributed by atoms with Crippen LogP contribution in [0.2, 0.25) is 0 Å². The van der Waals surface area contributed by atoms with Gasteiger partial charge in [0.05, 0.1) is 23.2 Å². The first kappa shape index (κ1) is 25.1. The van der Waals surface area contributed by atoms with E-state index >= 15 is 0 Å². The number of benzene rings is 3. The van der Waals surface area contributed by atoms with Crippen molar-refractivity contribution in [3.8, 4) is 28.1 Å². The summed E-state index contributed by atoms with van der Waals surface area (Å²) in [6.07, 6.45) is 3.44. The minimum Gasteiger partial charge on any atom is -1.00 e. The smallest absolute Gasteiger partial charge is 0.270 e. The molecule has 0 fully saturated rings. The summed E-state index contributed by atoms with van der Waals surface area (Å²) in [5.74, 6) is 1.41. The number of thioether (sulfide) groups is 1. The van der Waals surface area contributed by atoms with Crippen molar-refractivity contribution in [2.75, 3.05) is 7.11 Å². The van der Waals surface area contributed by atoms with E-state index < -0.39 is 0 Å². The number of hydrogen-bond donors (Lipinski definition) is 0. The molecule has 180 valence electrons. The van der Waals surface area contributed by atoms with Gasteiger partial charge in [0.15, 0.2) is 5.16 Å². The number of aromatic nitrogens is 3. The second kappa shape index (κ2) is 11.2. The van der Waals surface area contributed by atoms with Gasteiger partial charge in [-0.25, -0.2) is 15.0 Å². The maximum absolute atomic E-state index is 11.4. The Balaban J connectivity index is 0.00000304. The van der Waals surface area contributed by atoms with E-state index in [0.717, 1.165) is 39.1 Å².